The second kappa shape index (κ2) is 5.56. The normalized spacial score (nSPS) is 11.9. The number of hydrogen-bond donors (Lipinski definition) is 0. The van der Waals surface area contributed by atoms with Crippen LogP contribution in [0.4, 0.5) is 0 Å². The Kier molecular flexibility index (Phi) is 4.68. The van der Waals surface area contributed by atoms with Gasteiger partial charge in [-0.15, -0.1) is 0 Å². The molecule has 0 aliphatic heterocycles. The molecule has 0 atom stereocenters. The van der Waals surface area contributed by atoms with E-state index in [9.17, 15) is 4.57 Å². The van der Waals surface area contributed by atoms with Crippen LogP contribution in [0, 0.1) is 0 Å². The highest BCUT2D eigenvalue weighted by Crippen LogP contribution is 2.50. The Bertz CT molecular complexity index is 294. The first-order valence-corrected chi connectivity index (χ1v) is 6.90. The molecule has 0 bridgehead atoms. The topological polar surface area (TPSA) is 61.3 Å². The van der Waals surface area contributed by atoms with Crippen molar-refractivity contribution in [2.75, 3.05) is 13.2 Å². The van der Waals surface area contributed by atoms with Crippen LogP contribution in [0.5, 0.6) is 0 Å². The van der Waals surface area contributed by atoms with Gasteiger partial charge in [-0.05, 0) is 25.4 Å². The Morgan fingerprint density at radius 1 is 1.43 bits per heavy atom. The summed E-state index contributed by atoms with van der Waals surface area (Å²) in [6, 6.07) is 0. The van der Waals surface area contributed by atoms with Crippen molar-refractivity contribution in [1.82, 2.24) is 9.36 Å². The molecule has 0 saturated heterocycles. The Hall–Kier alpha value is -0.290. The third-order valence-electron chi connectivity index (χ3n) is 1.39. The molecule has 80 valence electrons. The summed E-state index contributed by atoms with van der Waals surface area (Å²) in [6.45, 7) is 4.28. The predicted octanol–water partition coefficient (Wildman–Crippen LogP) is 2.30. The van der Waals surface area contributed by atoms with Crippen LogP contribution in [0.1, 0.15) is 19.7 Å². The maximum absolute atomic E-state index is 12.0. The molecule has 0 aliphatic rings. The Balaban J connectivity index is 2.64. The molecular formula is C7H13N2O3PS. The maximum Gasteiger partial charge on any atom is 0.338 e. The fraction of sp³-hybridized carbons (Fsp3) is 0.714. The molecular weight excluding hydrogens is 223 g/mol. The van der Waals surface area contributed by atoms with Gasteiger partial charge in [0.2, 0.25) is 0 Å². The van der Waals surface area contributed by atoms with Crippen molar-refractivity contribution >= 4 is 19.1 Å². The third-order valence-corrected chi connectivity index (χ3v) is 3.88. The van der Waals surface area contributed by atoms with Crippen molar-refractivity contribution < 1.29 is 13.6 Å². The van der Waals surface area contributed by atoms with Gasteiger partial charge in [0.25, 0.3) is 0 Å². The van der Waals surface area contributed by atoms with E-state index in [1.807, 2.05) is 0 Å². The van der Waals surface area contributed by atoms with Gasteiger partial charge in [0.05, 0.1) is 13.2 Å². The number of hydrogen-bond acceptors (Lipinski definition) is 6. The van der Waals surface area contributed by atoms with Gasteiger partial charge in [0.1, 0.15) is 11.7 Å². The van der Waals surface area contributed by atoms with E-state index in [4.69, 9.17) is 9.05 Å². The fourth-order valence-electron chi connectivity index (χ4n) is 0.957. The predicted molar refractivity (Wildman–Crippen MR) is 54.5 cm³/mol. The Morgan fingerprint density at radius 2 is 2.07 bits per heavy atom. The van der Waals surface area contributed by atoms with Gasteiger partial charge < -0.3 is 9.05 Å². The van der Waals surface area contributed by atoms with E-state index in [1.54, 1.807) is 19.4 Å². The molecule has 7 heteroatoms. The summed E-state index contributed by atoms with van der Waals surface area (Å²) < 4.78 is 26.1. The average Bonchev–Trinajstić information content (AvgIpc) is 2.57. The highest BCUT2D eigenvalue weighted by atomic mass is 32.1. The van der Waals surface area contributed by atoms with Crippen LogP contribution >= 0.6 is 19.1 Å². The molecule has 1 aromatic rings. The summed E-state index contributed by atoms with van der Waals surface area (Å²) in [7, 11) is -3.03. The minimum absolute atomic E-state index is 0.151. The van der Waals surface area contributed by atoms with E-state index >= 15 is 0 Å². The lowest BCUT2D eigenvalue weighted by Crippen LogP contribution is -2.00. The lowest BCUT2D eigenvalue weighted by atomic mass is 10.7. The van der Waals surface area contributed by atoms with E-state index in [2.05, 4.69) is 9.36 Å². The van der Waals surface area contributed by atoms with Crippen molar-refractivity contribution in [3.8, 4) is 0 Å². The van der Waals surface area contributed by atoms with Crippen LogP contribution in [0.25, 0.3) is 0 Å². The summed E-state index contributed by atoms with van der Waals surface area (Å²) >= 11 is 1.22. The van der Waals surface area contributed by atoms with Crippen molar-refractivity contribution in [3.63, 3.8) is 0 Å². The first-order chi connectivity index (χ1) is 6.70. The highest BCUT2D eigenvalue weighted by molar-refractivity contribution is 7.53. The molecule has 0 aliphatic carbocycles. The molecule has 0 aromatic carbocycles. The molecule has 5 nitrogen and oxygen atoms in total. The summed E-state index contributed by atoms with van der Waals surface area (Å²) in [6.07, 6.45) is 0.151. The molecule has 0 saturated carbocycles. The molecule has 0 unspecified atom stereocenters. The standard InChI is InChI=1S/C7H13N2O3PS/c1-3-11-13(10,12-4-2)5-7-8-6-14-9-7/h6H,3-5H2,1-2H3. The van der Waals surface area contributed by atoms with Gasteiger partial charge in [0, 0.05) is 0 Å². The van der Waals surface area contributed by atoms with Crippen LogP contribution in [0.15, 0.2) is 5.51 Å². The van der Waals surface area contributed by atoms with Crippen LogP contribution < -0.4 is 0 Å². The minimum Gasteiger partial charge on any atom is -0.309 e. The largest absolute Gasteiger partial charge is 0.338 e. The third kappa shape index (κ3) is 3.46. The molecule has 1 rings (SSSR count). The molecule has 1 aromatic heterocycles. The summed E-state index contributed by atoms with van der Waals surface area (Å²) in [5, 5.41) is 0. The van der Waals surface area contributed by atoms with Crippen LogP contribution in [0.3, 0.4) is 0 Å². The number of rotatable bonds is 6. The smallest absolute Gasteiger partial charge is 0.309 e. The van der Waals surface area contributed by atoms with Crippen LogP contribution in [-0.2, 0) is 19.8 Å². The minimum atomic E-state index is -3.03. The van der Waals surface area contributed by atoms with E-state index < -0.39 is 7.60 Å². The van der Waals surface area contributed by atoms with E-state index in [-0.39, 0.29) is 6.16 Å². The average molecular weight is 236 g/mol. The molecule has 1 heterocycles. The SMILES string of the molecule is CCOP(=O)(Cc1ncsn1)OCC. The van der Waals surface area contributed by atoms with Crippen LogP contribution in [0.2, 0.25) is 0 Å². The molecule has 0 radical (unpaired) electrons. The maximum atomic E-state index is 12.0. The van der Waals surface area contributed by atoms with Gasteiger partial charge in [0.15, 0.2) is 5.82 Å². The monoisotopic (exact) mass is 236 g/mol. The van der Waals surface area contributed by atoms with E-state index in [1.165, 1.54) is 11.5 Å². The molecule has 0 fully saturated rings. The van der Waals surface area contributed by atoms with Crippen LogP contribution in [-0.4, -0.2) is 22.6 Å². The van der Waals surface area contributed by atoms with Gasteiger partial charge in [-0.3, -0.25) is 4.57 Å². The van der Waals surface area contributed by atoms with Gasteiger partial charge in [-0.25, -0.2) is 4.98 Å². The molecule has 0 N–H and O–H groups in total. The van der Waals surface area contributed by atoms with E-state index in [0.717, 1.165) is 0 Å². The van der Waals surface area contributed by atoms with Crippen molar-refractivity contribution in [2.24, 2.45) is 0 Å². The zero-order chi connectivity index (χ0) is 10.4. The van der Waals surface area contributed by atoms with Crippen molar-refractivity contribution in [2.45, 2.75) is 20.0 Å². The first kappa shape index (κ1) is 11.8. The number of nitrogens with zero attached hydrogens (tertiary/aromatic N) is 2. The Morgan fingerprint density at radius 3 is 2.50 bits per heavy atom. The molecule has 0 spiro atoms. The highest BCUT2D eigenvalue weighted by Gasteiger charge is 2.25. The summed E-state index contributed by atoms with van der Waals surface area (Å²) in [5.41, 5.74) is 1.59. The second-order valence-electron chi connectivity index (χ2n) is 2.45. The van der Waals surface area contributed by atoms with E-state index in [0.29, 0.717) is 19.0 Å². The second-order valence-corrected chi connectivity index (χ2v) is 5.11. The quantitative estimate of drug-likeness (QED) is 0.709. The molecule has 14 heavy (non-hydrogen) atoms. The summed E-state index contributed by atoms with van der Waals surface area (Å²) in [4.78, 5) is 3.94. The van der Waals surface area contributed by atoms with Crippen molar-refractivity contribution in [1.29, 1.82) is 0 Å². The lowest BCUT2D eigenvalue weighted by Gasteiger charge is -2.14. The zero-order valence-electron chi connectivity index (χ0n) is 8.17. The lowest BCUT2D eigenvalue weighted by molar-refractivity contribution is 0.218. The Labute approximate surface area is 87.2 Å². The summed E-state index contributed by atoms with van der Waals surface area (Å²) in [5.74, 6) is 0.514. The van der Waals surface area contributed by atoms with Gasteiger partial charge in [-0.2, -0.15) is 4.37 Å². The number of aromatic nitrogens is 2. The fourth-order valence-corrected chi connectivity index (χ4v) is 3.04. The molecule has 0 amide bonds. The van der Waals surface area contributed by atoms with Gasteiger partial charge in [-0.1, -0.05) is 0 Å². The first-order valence-electron chi connectivity index (χ1n) is 4.33. The van der Waals surface area contributed by atoms with Crippen molar-refractivity contribution in [3.05, 3.63) is 11.3 Å². The van der Waals surface area contributed by atoms with Gasteiger partial charge >= 0.3 is 7.60 Å². The zero-order valence-corrected chi connectivity index (χ0v) is 9.88.